The van der Waals surface area contributed by atoms with Crippen LogP contribution in [-0.4, -0.2) is 4.74 Å². The highest BCUT2D eigenvalue weighted by Gasteiger charge is 2.08. The molecular formula is C14H11NO2. The van der Waals surface area contributed by atoms with E-state index in [2.05, 4.69) is 0 Å². The van der Waals surface area contributed by atoms with Gasteiger partial charge in [0.05, 0.1) is 11.9 Å². The summed E-state index contributed by atoms with van der Waals surface area (Å²) in [5, 5.41) is 0.628. The first-order valence-electron chi connectivity index (χ1n) is 5.47. The second-order valence-electron chi connectivity index (χ2n) is 3.91. The maximum Gasteiger partial charge on any atom is 0.290 e. The molecule has 3 rings (SSSR count). The number of rotatable bonds is 2. The minimum atomic E-state index is -0.0792. The molecule has 0 amide bonds. The van der Waals surface area contributed by atoms with Crippen LogP contribution >= 0.6 is 0 Å². The highest BCUT2D eigenvalue weighted by molar-refractivity contribution is 5.75. The summed E-state index contributed by atoms with van der Waals surface area (Å²) in [6.07, 6.45) is 0. The Morgan fingerprint density at radius 1 is 0.941 bits per heavy atom. The Labute approximate surface area is 97.9 Å². The van der Waals surface area contributed by atoms with E-state index in [-0.39, 0.29) is 5.56 Å². The summed E-state index contributed by atoms with van der Waals surface area (Å²) in [7, 11) is 0. The van der Waals surface area contributed by atoms with Crippen molar-refractivity contribution in [1.29, 1.82) is 0 Å². The van der Waals surface area contributed by atoms with Gasteiger partial charge in [0, 0.05) is 0 Å². The molecule has 3 heteroatoms. The highest BCUT2D eigenvalue weighted by atomic mass is 16.5. The molecule has 2 aromatic carbocycles. The fourth-order valence-electron chi connectivity index (χ4n) is 1.87. The normalized spacial score (nSPS) is 10.8. The Morgan fingerprint density at radius 3 is 2.41 bits per heavy atom. The lowest BCUT2D eigenvalue weighted by Crippen LogP contribution is -2.14. The summed E-state index contributed by atoms with van der Waals surface area (Å²) < 4.78 is 6.90. The average molecular weight is 225 g/mol. The number of hydrogen-bond donors (Lipinski definition) is 0. The Hall–Kier alpha value is -2.29. The van der Waals surface area contributed by atoms with E-state index in [4.69, 9.17) is 4.52 Å². The van der Waals surface area contributed by atoms with Gasteiger partial charge in [0.15, 0.2) is 5.58 Å². The Bertz CT molecular complexity index is 695. The molecule has 0 N–H and O–H groups in total. The molecule has 0 fully saturated rings. The maximum absolute atomic E-state index is 12.0. The SMILES string of the molecule is O=c1c2ccccc2on1Cc1ccccc1. The zero-order valence-corrected chi connectivity index (χ0v) is 9.17. The number of aromatic nitrogens is 1. The van der Waals surface area contributed by atoms with Crippen LogP contribution in [0.5, 0.6) is 0 Å². The Balaban J connectivity index is 2.07. The second kappa shape index (κ2) is 3.94. The third-order valence-corrected chi connectivity index (χ3v) is 2.72. The Morgan fingerprint density at radius 2 is 1.65 bits per heavy atom. The average Bonchev–Trinajstić information content (AvgIpc) is 2.68. The van der Waals surface area contributed by atoms with Crippen LogP contribution in [0.4, 0.5) is 0 Å². The number of nitrogens with zero attached hydrogens (tertiary/aromatic N) is 1. The minimum Gasteiger partial charge on any atom is -0.375 e. The third-order valence-electron chi connectivity index (χ3n) is 2.72. The summed E-state index contributed by atoms with van der Waals surface area (Å²) in [6.45, 7) is 0.467. The lowest BCUT2D eigenvalue weighted by atomic mass is 10.2. The quantitative estimate of drug-likeness (QED) is 0.672. The van der Waals surface area contributed by atoms with E-state index in [1.54, 1.807) is 12.1 Å². The molecule has 1 heterocycles. The van der Waals surface area contributed by atoms with Crippen molar-refractivity contribution in [3.8, 4) is 0 Å². The second-order valence-corrected chi connectivity index (χ2v) is 3.91. The monoisotopic (exact) mass is 225 g/mol. The van der Waals surface area contributed by atoms with Gasteiger partial charge in [-0.2, -0.15) is 4.74 Å². The van der Waals surface area contributed by atoms with Gasteiger partial charge in [0.2, 0.25) is 0 Å². The van der Waals surface area contributed by atoms with Gasteiger partial charge in [-0.05, 0) is 17.7 Å². The first-order chi connectivity index (χ1) is 8.34. The molecule has 0 aliphatic heterocycles. The molecule has 0 radical (unpaired) electrons. The molecule has 0 atom stereocenters. The van der Waals surface area contributed by atoms with E-state index in [1.807, 2.05) is 42.5 Å². The topological polar surface area (TPSA) is 35.1 Å². The lowest BCUT2D eigenvalue weighted by molar-refractivity contribution is 0.301. The summed E-state index contributed by atoms with van der Waals surface area (Å²) in [4.78, 5) is 12.0. The molecule has 0 saturated heterocycles. The number of para-hydroxylation sites is 1. The van der Waals surface area contributed by atoms with Crippen molar-refractivity contribution in [2.75, 3.05) is 0 Å². The number of fused-ring (bicyclic) bond motifs is 1. The van der Waals surface area contributed by atoms with Gasteiger partial charge in [-0.1, -0.05) is 42.5 Å². The van der Waals surface area contributed by atoms with Crippen LogP contribution in [0, 0.1) is 0 Å². The molecule has 0 saturated carbocycles. The Kier molecular flexibility index (Phi) is 2.29. The molecule has 3 nitrogen and oxygen atoms in total. The van der Waals surface area contributed by atoms with E-state index in [1.165, 1.54) is 4.74 Å². The van der Waals surface area contributed by atoms with E-state index < -0.39 is 0 Å². The van der Waals surface area contributed by atoms with E-state index in [9.17, 15) is 4.79 Å². The van der Waals surface area contributed by atoms with Crippen LogP contribution in [0.25, 0.3) is 11.0 Å². The largest absolute Gasteiger partial charge is 0.375 e. The molecule has 0 bridgehead atoms. The van der Waals surface area contributed by atoms with E-state index >= 15 is 0 Å². The maximum atomic E-state index is 12.0. The summed E-state index contributed by atoms with van der Waals surface area (Å²) >= 11 is 0. The number of benzene rings is 2. The van der Waals surface area contributed by atoms with Crippen molar-refractivity contribution in [3.05, 3.63) is 70.5 Å². The molecule has 0 unspecified atom stereocenters. The molecule has 0 aliphatic carbocycles. The standard InChI is InChI=1S/C14H11NO2/c16-14-12-8-4-5-9-13(12)17-15(14)10-11-6-2-1-3-7-11/h1-9H,10H2. The molecule has 0 aliphatic rings. The van der Waals surface area contributed by atoms with Crippen molar-refractivity contribution >= 4 is 11.0 Å². The predicted octanol–water partition coefficient (Wildman–Crippen LogP) is 2.64. The molecular weight excluding hydrogens is 214 g/mol. The molecule has 17 heavy (non-hydrogen) atoms. The van der Waals surface area contributed by atoms with Gasteiger partial charge in [-0.25, -0.2) is 0 Å². The van der Waals surface area contributed by atoms with E-state index in [0.717, 1.165) is 5.56 Å². The van der Waals surface area contributed by atoms with Crippen LogP contribution < -0.4 is 5.56 Å². The van der Waals surface area contributed by atoms with Crippen LogP contribution in [0.3, 0.4) is 0 Å². The minimum absolute atomic E-state index is 0.0792. The highest BCUT2D eigenvalue weighted by Crippen LogP contribution is 2.10. The smallest absolute Gasteiger partial charge is 0.290 e. The summed E-state index contributed by atoms with van der Waals surface area (Å²) in [6, 6.07) is 17.1. The van der Waals surface area contributed by atoms with Gasteiger partial charge in [-0.15, -0.1) is 0 Å². The van der Waals surface area contributed by atoms with Gasteiger partial charge in [-0.3, -0.25) is 4.79 Å². The predicted molar refractivity (Wildman–Crippen MR) is 66.0 cm³/mol. The molecule has 0 spiro atoms. The van der Waals surface area contributed by atoms with Crippen molar-refractivity contribution < 1.29 is 4.52 Å². The molecule has 1 aromatic heterocycles. The van der Waals surface area contributed by atoms with Gasteiger partial charge >= 0.3 is 0 Å². The lowest BCUT2D eigenvalue weighted by Gasteiger charge is -1.98. The molecule has 3 aromatic rings. The van der Waals surface area contributed by atoms with Crippen molar-refractivity contribution in [1.82, 2.24) is 4.74 Å². The summed E-state index contributed by atoms with van der Waals surface area (Å²) in [5.41, 5.74) is 1.60. The van der Waals surface area contributed by atoms with Crippen LogP contribution in [0.2, 0.25) is 0 Å². The van der Waals surface area contributed by atoms with Crippen LogP contribution in [0.15, 0.2) is 63.9 Å². The van der Waals surface area contributed by atoms with Crippen molar-refractivity contribution in [2.45, 2.75) is 6.54 Å². The first kappa shape index (κ1) is 9.90. The van der Waals surface area contributed by atoms with Crippen LogP contribution in [0.1, 0.15) is 5.56 Å². The molecule has 84 valence electrons. The fourth-order valence-corrected chi connectivity index (χ4v) is 1.87. The first-order valence-corrected chi connectivity index (χ1v) is 5.47. The van der Waals surface area contributed by atoms with Gasteiger partial charge in [0.1, 0.15) is 0 Å². The third kappa shape index (κ3) is 1.76. The van der Waals surface area contributed by atoms with Crippen molar-refractivity contribution in [3.63, 3.8) is 0 Å². The zero-order chi connectivity index (χ0) is 11.7. The van der Waals surface area contributed by atoms with Gasteiger partial charge in [0.25, 0.3) is 5.56 Å². The summed E-state index contributed by atoms with van der Waals surface area (Å²) in [5.74, 6) is 0. The fraction of sp³-hybridized carbons (Fsp3) is 0.0714. The van der Waals surface area contributed by atoms with E-state index in [0.29, 0.717) is 17.5 Å². The van der Waals surface area contributed by atoms with Crippen LogP contribution in [-0.2, 0) is 6.54 Å². The van der Waals surface area contributed by atoms with Gasteiger partial charge < -0.3 is 4.52 Å². The zero-order valence-electron chi connectivity index (χ0n) is 9.17. The van der Waals surface area contributed by atoms with Crippen molar-refractivity contribution in [2.24, 2.45) is 0 Å². The number of hydrogen-bond acceptors (Lipinski definition) is 2.